The summed E-state index contributed by atoms with van der Waals surface area (Å²) < 4.78 is 28.8. The lowest BCUT2D eigenvalue weighted by molar-refractivity contribution is 0.346. The zero-order valence-corrected chi connectivity index (χ0v) is 13.7. The van der Waals surface area contributed by atoms with E-state index in [-0.39, 0.29) is 10.8 Å². The van der Waals surface area contributed by atoms with Gasteiger partial charge in [-0.05, 0) is 48.6 Å². The maximum atomic E-state index is 11.6. The molecule has 0 radical (unpaired) electrons. The summed E-state index contributed by atoms with van der Waals surface area (Å²) in [7, 11) is -3.73. The Morgan fingerprint density at radius 1 is 1.45 bits per heavy atom. The van der Waals surface area contributed by atoms with Gasteiger partial charge >= 0.3 is 0 Å². The van der Waals surface area contributed by atoms with Gasteiger partial charge in [-0.1, -0.05) is 25.4 Å². The zero-order valence-electron chi connectivity index (χ0n) is 12.1. The van der Waals surface area contributed by atoms with Crippen molar-refractivity contribution in [1.29, 1.82) is 0 Å². The van der Waals surface area contributed by atoms with E-state index in [1.165, 1.54) is 5.54 Å². The highest BCUT2D eigenvalue weighted by Gasteiger charge is 2.18. The molecule has 0 atom stereocenters. The first kappa shape index (κ1) is 17.0. The smallest absolute Gasteiger partial charge is 0.238 e. The molecular weight excluding hydrogens is 298 g/mol. The molecule has 0 saturated heterocycles. The van der Waals surface area contributed by atoms with Crippen molar-refractivity contribution in [3.05, 3.63) is 34.4 Å². The summed E-state index contributed by atoms with van der Waals surface area (Å²) in [5.41, 5.74) is 3.72. The third-order valence-corrected chi connectivity index (χ3v) is 4.30. The van der Waals surface area contributed by atoms with Crippen LogP contribution in [0.3, 0.4) is 0 Å². The number of sulfonamides is 1. The van der Waals surface area contributed by atoms with Crippen LogP contribution in [0.4, 0.5) is 0 Å². The van der Waals surface area contributed by atoms with Crippen LogP contribution >= 0.6 is 11.6 Å². The van der Waals surface area contributed by atoms with E-state index >= 15 is 0 Å². The van der Waals surface area contributed by atoms with Gasteiger partial charge in [-0.3, -0.25) is 0 Å². The van der Waals surface area contributed by atoms with Gasteiger partial charge in [0.2, 0.25) is 10.0 Å². The van der Waals surface area contributed by atoms with E-state index in [0.717, 1.165) is 11.1 Å². The summed E-state index contributed by atoms with van der Waals surface area (Å²) in [6.07, 6.45) is 0. The van der Waals surface area contributed by atoms with Crippen LogP contribution in [0.2, 0.25) is 0 Å². The molecule has 0 aliphatic rings. The average Bonchev–Trinajstić information content (AvgIpc) is 2.33. The number of nitrogens with two attached hydrogens (primary N) is 1. The van der Waals surface area contributed by atoms with Crippen molar-refractivity contribution in [2.24, 2.45) is 5.14 Å². The van der Waals surface area contributed by atoms with Crippen LogP contribution in [0.5, 0.6) is 5.75 Å². The molecule has 0 unspecified atom stereocenters. The van der Waals surface area contributed by atoms with Gasteiger partial charge in [0.1, 0.15) is 12.4 Å². The molecule has 4 nitrogen and oxygen atoms in total. The van der Waals surface area contributed by atoms with Crippen LogP contribution in [0.15, 0.2) is 28.1 Å². The molecule has 0 saturated carbocycles. The second kappa shape index (κ2) is 6.61. The Kier molecular flexibility index (Phi) is 5.62. The Morgan fingerprint density at radius 2 is 2.05 bits per heavy atom. The predicted octanol–water partition coefficient (Wildman–Crippen LogP) is 3.29. The number of aryl methyl sites for hydroxylation is 1. The molecule has 1 aromatic rings. The van der Waals surface area contributed by atoms with Gasteiger partial charge in [0.05, 0.1) is 4.90 Å². The fourth-order valence-corrected chi connectivity index (χ4v) is 2.65. The van der Waals surface area contributed by atoms with Gasteiger partial charge in [-0.15, -0.1) is 0 Å². The van der Waals surface area contributed by atoms with Crippen molar-refractivity contribution < 1.29 is 13.2 Å². The van der Waals surface area contributed by atoms with Gasteiger partial charge in [0.15, 0.2) is 0 Å². The van der Waals surface area contributed by atoms with Crippen molar-refractivity contribution in [2.75, 3.05) is 6.61 Å². The monoisotopic (exact) mass is 317 g/mol. The first-order valence-corrected chi connectivity index (χ1v) is 8.21. The molecule has 0 aliphatic heterocycles. The van der Waals surface area contributed by atoms with Crippen LogP contribution in [-0.2, 0) is 10.0 Å². The van der Waals surface area contributed by atoms with Crippen molar-refractivity contribution >= 4 is 21.6 Å². The van der Waals surface area contributed by atoms with Gasteiger partial charge in [-0.2, -0.15) is 0 Å². The first-order valence-electron chi connectivity index (χ1n) is 6.22. The van der Waals surface area contributed by atoms with Crippen LogP contribution in [0.1, 0.15) is 37.8 Å². The fourth-order valence-electron chi connectivity index (χ4n) is 1.78. The van der Waals surface area contributed by atoms with E-state index in [1.54, 1.807) is 19.1 Å². The fraction of sp³-hybridized carbons (Fsp3) is 0.429. The summed E-state index contributed by atoms with van der Waals surface area (Å²) in [4.78, 5) is 0.137. The summed E-state index contributed by atoms with van der Waals surface area (Å²) in [6.45, 7) is 7.84. The van der Waals surface area contributed by atoms with Crippen LogP contribution in [0, 0.1) is 6.92 Å². The number of halogens is 1. The predicted molar refractivity (Wildman–Crippen MR) is 81.7 cm³/mol. The number of hydrogen-bond donors (Lipinski definition) is 1. The molecule has 112 valence electrons. The SMILES string of the molecule is C/C(=C\Cl)COc1cc(C)c(S(N)(=O)=O)cc1C(C)C. The van der Waals surface area contributed by atoms with E-state index in [0.29, 0.717) is 17.9 Å². The number of primary sulfonamides is 1. The molecule has 1 aromatic carbocycles. The lowest BCUT2D eigenvalue weighted by Crippen LogP contribution is -2.15. The minimum absolute atomic E-state index is 0.117. The number of hydrogen-bond acceptors (Lipinski definition) is 3. The van der Waals surface area contributed by atoms with E-state index in [1.807, 2.05) is 20.8 Å². The third kappa shape index (κ3) is 4.23. The molecule has 0 aromatic heterocycles. The standard InChI is InChI=1S/C14H20ClNO3S/c1-9(2)12-6-14(20(16,17)18)11(4)5-13(12)19-8-10(3)7-15/h5-7,9H,8H2,1-4H3,(H2,16,17,18)/b10-7+. The van der Waals surface area contributed by atoms with Gasteiger partial charge in [0.25, 0.3) is 0 Å². The van der Waals surface area contributed by atoms with Gasteiger partial charge in [0, 0.05) is 5.54 Å². The van der Waals surface area contributed by atoms with Crippen LogP contribution in [0.25, 0.3) is 0 Å². The quantitative estimate of drug-likeness (QED) is 0.906. The molecule has 20 heavy (non-hydrogen) atoms. The molecule has 2 N–H and O–H groups in total. The van der Waals surface area contributed by atoms with Crippen LogP contribution < -0.4 is 9.88 Å². The van der Waals surface area contributed by atoms with Crippen molar-refractivity contribution in [1.82, 2.24) is 0 Å². The highest BCUT2D eigenvalue weighted by Crippen LogP contribution is 2.31. The van der Waals surface area contributed by atoms with Gasteiger partial charge in [-0.25, -0.2) is 13.6 Å². The Hall–Kier alpha value is -1.04. The largest absolute Gasteiger partial charge is 0.489 e. The molecule has 0 heterocycles. The average molecular weight is 318 g/mol. The summed E-state index contributed by atoms with van der Waals surface area (Å²) in [5, 5.41) is 5.23. The molecule has 6 heteroatoms. The van der Waals surface area contributed by atoms with E-state index in [4.69, 9.17) is 21.5 Å². The first-order chi connectivity index (χ1) is 9.16. The molecular formula is C14H20ClNO3S. The van der Waals surface area contributed by atoms with Crippen molar-refractivity contribution in [2.45, 2.75) is 38.5 Å². The number of rotatable bonds is 5. The number of ether oxygens (including phenoxy) is 1. The molecule has 0 fully saturated rings. The second-order valence-corrected chi connectivity index (χ2v) is 6.85. The molecule has 1 rings (SSSR count). The molecule has 0 aliphatic carbocycles. The van der Waals surface area contributed by atoms with Crippen LogP contribution in [-0.4, -0.2) is 15.0 Å². The minimum atomic E-state index is -3.73. The summed E-state index contributed by atoms with van der Waals surface area (Å²) in [6, 6.07) is 3.29. The van der Waals surface area contributed by atoms with E-state index in [9.17, 15) is 8.42 Å². The maximum absolute atomic E-state index is 11.6. The summed E-state index contributed by atoms with van der Waals surface area (Å²) >= 11 is 5.60. The van der Waals surface area contributed by atoms with E-state index < -0.39 is 10.0 Å². The summed E-state index contributed by atoms with van der Waals surface area (Å²) in [5.74, 6) is 0.772. The molecule has 0 spiro atoms. The highest BCUT2D eigenvalue weighted by atomic mass is 35.5. The normalized spacial score (nSPS) is 12.8. The molecule has 0 bridgehead atoms. The zero-order chi connectivity index (χ0) is 15.5. The second-order valence-electron chi connectivity index (χ2n) is 5.10. The van der Waals surface area contributed by atoms with E-state index in [2.05, 4.69) is 0 Å². The van der Waals surface area contributed by atoms with Crippen molar-refractivity contribution in [3.8, 4) is 5.75 Å². The highest BCUT2D eigenvalue weighted by molar-refractivity contribution is 7.89. The Morgan fingerprint density at radius 3 is 2.50 bits per heavy atom. The third-order valence-electron chi connectivity index (χ3n) is 2.88. The maximum Gasteiger partial charge on any atom is 0.238 e. The topological polar surface area (TPSA) is 69.4 Å². The Labute approximate surface area is 125 Å². The lowest BCUT2D eigenvalue weighted by Gasteiger charge is -2.17. The Bertz CT molecular complexity index is 622. The van der Waals surface area contributed by atoms with Crippen molar-refractivity contribution in [3.63, 3.8) is 0 Å². The minimum Gasteiger partial charge on any atom is -0.489 e. The molecule has 0 amide bonds. The van der Waals surface area contributed by atoms with Gasteiger partial charge < -0.3 is 4.74 Å². The Balaban J connectivity index is 3.28. The lowest BCUT2D eigenvalue weighted by atomic mass is 10.0. The number of benzene rings is 1.